The number of amides is 2. The van der Waals surface area contributed by atoms with Crippen molar-refractivity contribution < 1.29 is 19.4 Å². The third-order valence-electron chi connectivity index (χ3n) is 3.59. The Morgan fingerprint density at radius 3 is 2.48 bits per heavy atom. The van der Waals surface area contributed by atoms with E-state index in [0.29, 0.717) is 17.9 Å². The number of hydrogen-bond donors (Lipinski definition) is 3. The van der Waals surface area contributed by atoms with E-state index >= 15 is 0 Å². The van der Waals surface area contributed by atoms with Crippen molar-refractivity contribution in [3.05, 3.63) is 59.7 Å². The number of unbranched alkanes of at least 4 members (excludes halogenated alkanes) is 1. The van der Waals surface area contributed by atoms with Gasteiger partial charge in [0.25, 0.3) is 11.8 Å². The molecule has 0 aliphatic carbocycles. The second kappa shape index (κ2) is 10.6. The van der Waals surface area contributed by atoms with Gasteiger partial charge in [0.1, 0.15) is 11.5 Å². The maximum atomic E-state index is 12.1. The van der Waals surface area contributed by atoms with Crippen LogP contribution in [0.3, 0.4) is 0 Å². The Morgan fingerprint density at radius 1 is 1.11 bits per heavy atom. The van der Waals surface area contributed by atoms with Crippen LogP contribution in [-0.4, -0.2) is 36.3 Å². The summed E-state index contributed by atoms with van der Waals surface area (Å²) in [6.45, 7) is 2.54. The van der Waals surface area contributed by atoms with Gasteiger partial charge in [0, 0.05) is 5.56 Å². The molecule has 0 aliphatic heterocycles. The molecule has 7 nitrogen and oxygen atoms in total. The van der Waals surface area contributed by atoms with Crippen LogP contribution in [0, 0.1) is 0 Å². The fourth-order valence-corrected chi connectivity index (χ4v) is 2.08. The highest BCUT2D eigenvalue weighted by molar-refractivity contribution is 5.96. The summed E-state index contributed by atoms with van der Waals surface area (Å²) >= 11 is 0. The molecule has 27 heavy (non-hydrogen) atoms. The average molecular weight is 369 g/mol. The van der Waals surface area contributed by atoms with Crippen LogP contribution >= 0.6 is 0 Å². The zero-order valence-corrected chi connectivity index (χ0v) is 15.1. The van der Waals surface area contributed by atoms with Crippen LogP contribution in [0.15, 0.2) is 53.6 Å². The van der Waals surface area contributed by atoms with E-state index in [1.807, 2.05) is 0 Å². The molecular formula is C20H23N3O4. The molecule has 0 unspecified atom stereocenters. The Kier molecular flexibility index (Phi) is 7.84. The highest BCUT2D eigenvalue weighted by Crippen LogP contribution is 2.12. The Hall–Kier alpha value is -3.35. The number of phenolic OH excluding ortho intramolecular Hbond substituents is 1. The molecule has 2 amide bonds. The van der Waals surface area contributed by atoms with Gasteiger partial charge in [-0.3, -0.25) is 9.59 Å². The van der Waals surface area contributed by atoms with E-state index < -0.39 is 5.91 Å². The molecule has 7 heteroatoms. The molecule has 2 aromatic carbocycles. The normalized spacial score (nSPS) is 10.6. The molecule has 0 atom stereocenters. The number of hydrogen-bond acceptors (Lipinski definition) is 5. The molecule has 0 saturated heterocycles. The Morgan fingerprint density at radius 2 is 1.81 bits per heavy atom. The van der Waals surface area contributed by atoms with Crippen molar-refractivity contribution in [2.24, 2.45) is 5.10 Å². The highest BCUT2D eigenvalue weighted by atomic mass is 16.5. The first-order chi connectivity index (χ1) is 13.1. The lowest BCUT2D eigenvalue weighted by Crippen LogP contribution is -2.34. The van der Waals surface area contributed by atoms with E-state index in [0.717, 1.165) is 18.4 Å². The van der Waals surface area contributed by atoms with Crippen molar-refractivity contribution in [3.8, 4) is 11.5 Å². The highest BCUT2D eigenvalue weighted by Gasteiger charge is 2.07. The quantitative estimate of drug-likeness (QED) is 0.359. The number of aromatic hydroxyl groups is 1. The van der Waals surface area contributed by atoms with E-state index in [9.17, 15) is 14.7 Å². The molecule has 0 heterocycles. The molecule has 0 bridgehead atoms. The number of nitrogens with one attached hydrogen (secondary N) is 2. The summed E-state index contributed by atoms with van der Waals surface area (Å²) < 4.78 is 5.54. The second-order valence-corrected chi connectivity index (χ2v) is 5.79. The second-order valence-electron chi connectivity index (χ2n) is 5.79. The smallest absolute Gasteiger partial charge is 0.259 e. The average Bonchev–Trinajstić information content (AvgIpc) is 2.68. The fraction of sp³-hybridized carbons (Fsp3) is 0.250. The number of rotatable bonds is 9. The van der Waals surface area contributed by atoms with Crippen molar-refractivity contribution in [2.75, 3.05) is 13.2 Å². The van der Waals surface area contributed by atoms with E-state index in [-0.39, 0.29) is 18.2 Å². The Balaban J connectivity index is 1.74. The minimum Gasteiger partial charge on any atom is -0.508 e. The Labute approximate surface area is 158 Å². The lowest BCUT2D eigenvalue weighted by molar-refractivity contribution is -0.120. The maximum absolute atomic E-state index is 12.1. The summed E-state index contributed by atoms with van der Waals surface area (Å²) in [5.74, 6) is 0.0615. The van der Waals surface area contributed by atoms with Crippen LogP contribution in [0.1, 0.15) is 35.7 Å². The van der Waals surface area contributed by atoms with Gasteiger partial charge in [-0.1, -0.05) is 13.3 Å². The number of benzene rings is 2. The lowest BCUT2D eigenvalue weighted by Gasteiger charge is -2.07. The van der Waals surface area contributed by atoms with Crippen LogP contribution < -0.4 is 15.5 Å². The van der Waals surface area contributed by atoms with Gasteiger partial charge in [-0.05, 0) is 60.5 Å². The number of carbonyl (C=O) groups is 2. The summed E-state index contributed by atoms with van der Waals surface area (Å²) in [7, 11) is 0. The predicted molar refractivity (Wildman–Crippen MR) is 103 cm³/mol. The first-order valence-electron chi connectivity index (χ1n) is 8.70. The van der Waals surface area contributed by atoms with Gasteiger partial charge in [-0.15, -0.1) is 0 Å². The summed E-state index contributed by atoms with van der Waals surface area (Å²) in [4.78, 5) is 23.8. The molecule has 142 valence electrons. The van der Waals surface area contributed by atoms with Gasteiger partial charge in [0.15, 0.2) is 0 Å². The van der Waals surface area contributed by atoms with E-state index in [1.165, 1.54) is 18.3 Å². The minimum atomic E-state index is -0.446. The zero-order valence-electron chi connectivity index (χ0n) is 15.1. The van der Waals surface area contributed by atoms with Gasteiger partial charge in [0.05, 0.1) is 19.4 Å². The van der Waals surface area contributed by atoms with Gasteiger partial charge in [-0.25, -0.2) is 5.43 Å². The Bertz CT molecular complexity index is 771. The van der Waals surface area contributed by atoms with Crippen LogP contribution in [-0.2, 0) is 4.79 Å². The van der Waals surface area contributed by atoms with Crippen molar-refractivity contribution >= 4 is 18.0 Å². The number of ether oxygens (including phenoxy) is 1. The van der Waals surface area contributed by atoms with Gasteiger partial charge < -0.3 is 15.2 Å². The predicted octanol–water partition coefficient (Wildman–Crippen LogP) is 2.45. The maximum Gasteiger partial charge on any atom is 0.259 e. The monoisotopic (exact) mass is 369 g/mol. The van der Waals surface area contributed by atoms with E-state index in [4.69, 9.17) is 4.74 Å². The third kappa shape index (κ3) is 7.19. The zero-order chi connectivity index (χ0) is 19.5. The molecule has 2 aromatic rings. The fourth-order valence-electron chi connectivity index (χ4n) is 2.08. The SMILES string of the molecule is CCCCOc1ccc(C(=O)NCC(=O)N/N=C/c2ccc(O)cc2)cc1. The number of nitrogens with zero attached hydrogens (tertiary/aromatic N) is 1. The molecule has 0 aliphatic rings. The largest absolute Gasteiger partial charge is 0.508 e. The van der Waals surface area contributed by atoms with Crippen molar-refractivity contribution in [1.82, 2.24) is 10.7 Å². The molecule has 3 N–H and O–H groups in total. The van der Waals surface area contributed by atoms with Crippen molar-refractivity contribution in [3.63, 3.8) is 0 Å². The third-order valence-corrected chi connectivity index (χ3v) is 3.59. The van der Waals surface area contributed by atoms with Crippen LogP contribution in [0.25, 0.3) is 0 Å². The summed E-state index contributed by atoms with van der Waals surface area (Å²) in [6.07, 6.45) is 3.48. The van der Waals surface area contributed by atoms with Gasteiger partial charge in [-0.2, -0.15) is 5.10 Å². The van der Waals surface area contributed by atoms with E-state index in [1.54, 1.807) is 36.4 Å². The van der Waals surface area contributed by atoms with Crippen LogP contribution in [0.4, 0.5) is 0 Å². The number of hydrazone groups is 1. The molecule has 2 rings (SSSR count). The van der Waals surface area contributed by atoms with Crippen molar-refractivity contribution in [2.45, 2.75) is 19.8 Å². The molecular weight excluding hydrogens is 346 g/mol. The van der Waals surface area contributed by atoms with Gasteiger partial charge in [0.2, 0.25) is 0 Å². The molecule has 0 aromatic heterocycles. The van der Waals surface area contributed by atoms with E-state index in [2.05, 4.69) is 22.8 Å². The summed E-state index contributed by atoms with van der Waals surface area (Å²) in [6, 6.07) is 13.1. The molecule has 0 spiro atoms. The first-order valence-corrected chi connectivity index (χ1v) is 8.70. The van der Waals surface area contributed by atoms with Crippen LogP contribution in [0.2, 0.25) is 0 Å². The molecule has 0 fully saturated rings. The molecule has 0 saturated carbocycles. The molecule has 0 radical (unpaired) electrons. The summed E-state index contributed by atoms with van der Waals surface area (Å²) in [5.41, 5.74) is 3.49. The van der Waals surface area contributed by atoms with Crippen molar-refractivity contribution in [1.29, 1.82) is 0 Å². The van der Waals surface area contributed by atoms with Crippen LogP contribution in [0.5, 0.6) is 11.5 Å². The van der Waals surface area contributed by atoms with Gasteiger partial charge >= 0.3 is 0 Å². The topological polar surface area (TPSA) is 100 Å². The summed E-state index contributed by atoms with van der Waals surface area (Å²) in [5, 5.41) is 15.5. The number of carbonyl (C=O) groups excluding carboxylic acids is 2. The first kappa shape index (κ1) is 20.0. The minimum absolute atomic E-state index is 0.152. The lowest BCUT2D eigenvalue weighted by atomic mass is 10.2. The standard InChI is InChI=1S/C20H23N3O4/c1-2-3-12-27-18-10-6-16(7-11-18)20(26)21-14-19(25)23-22-13-15-4-8-17(24)9-5-15/h4-11,13,24H,2-3,12,14H2,1H3,(H,21,26)(H,23,25)/b22-13+. The number of phenols is 1.